The highest BCUT2D eigenvalue weighted by Gasteiger charge is 2.61. The Morgan fingerprint density at radius 1 is 0.404 bits per heavy atom. The Balaban J connectivity index is 0.000000164. The summed E-state index contributed by atoms with van der Waals surface area (Å²) in [5, 5.41) is 18.5. The van der Waals surface area contributed by atoms with Crippen LogP contribution < -0.4 is 5.73 Å². The number of aryl methyl sites for hydroxylation is 2. The Labute approximate surface area is 791 Å². The van der Waals surface area contributed by atoms with E-state index in [0.717, 1.165) is 170 Å². The largest absolute Gasteiger partial charge is 0.480 e. The maximum absolute atomic E-state index is 14.9. The maximum Gasteiger partial charge on any atom is 0.451 e. The van der Waals surface area contributed by atoms with Gasteiger partial charge < -0.3 is 15.9 Å². The molecule has 2 aliphatic carbocycles. The Bertz CT molecular complexity index is 6660. The minimum absolute atomic E-state index is 0.00755. The normalized spacial score (nSPS) is 22.8. The Morgan fingerprint density at radius 3 is 1.13 bits per heavy atom. The van der Waals surface area contributed by atoms with Crippen molar-refractivity contribution in [1.82, 2.24) is 62.1 Å². The molecule has 16 rings (SSSR count). The SMILES string of the molecule is CCC1[C@@H](C(=O)CCc2cc(-c3cnc(C(F)(F)F)nc3)ncc2F)N(S(=O)(=O)c2ccc(F)cc2)CC[C@@H]1F.CC[C@@H]1C[C@@H](F)CN(S(=O)(=O)c2ccc(F)cc2)C1C(=O)CCc1cc(-c2cnc(C(F)(F)F)nc2)ncc1F.NCc1cc(-c2cnc(C(F)(F)F)nc2)ncc1F.O=C(O)C1C2CC(CC2F)N1S(=O)(=O)c1ccc(F)cc1.O=C(O)C1C2CC(F)C(C2)N1S(=O)(=O)c1ccc(F)cc1. The highest BCUT2D eigenvalue weighted by atomic mass is 32.2. The van der Waals surface area contributed by atoms with E-state index in [9.17, 15) is 151 Å². The van der Waals surface area contributed by atoms with Crippen molar-refractivity contribution in [2.24, 2.45) is 29.4 Å². The van der Waals surface area contributed by atoms with Gasteiger partial charge in [0.15, 0.2) is 11.6 Å². The minimum atomic E-state index is -4.74. The Kier molecular flexibility index (Phi) is 33.6. The summed E-state index contributed by atoms with van der Waals surface area (Å²) < 4.78 is 373. The smallest absolute Gasteiger partial charge is 0.451 e. The van der Waals surface area contributed by atoms with Crippen LogP contribution in [0.15, 0.2) is 191 Å². The third-order valence-corrected chi connectivity index (χ3v) is 31.9. The average Bonchev–Trinajstić information content (AvgIpc) is 1.59. The fourth-order valence-electron chi connectivity index (χ4n) is 17.5. The number of benzene rings is 4. The maximum atomic E-state index is 14.9. The molecular weight excluding hydrogens is 2000 g/mol. The number of carbonyl (C=O) groups excluding carboxylic acids is 2. The quantitative estimate of drug-likeness (QED) is 0.0473. The van der Waals surface area contributed by atoms with Gasteiger partial charge in [0.05, 0.1) is 73.4 Å². The first-order valence-corrected chi connectivity index (χ1v) is 48.5. The molecule has 6 fully saturated rings. The van der Waals surface area contributed by atoms with Gasteiger partial charge in [-0.05, 0) is 196 Å². The highest BCUT2D eigenvalue weighted by Crippen LogP contribution is 2.49. The number of nitrogens with zero attached hydrogens (tertiary/aromatic N) is 13. The molecule has 2 saturated carbocycles. The van der Waals surface area contributed by atoms with E-state index in [1.165, 1.54) is 18.2 Å². The standard InChI is InChI=1S/2C26H24F6N4O3S.2C13H13F2NO4S.C11H8F4N4/c1-2-15-9-19(28)14-36(40(38,39)20-6-4-18(27)5-7-20)24(15)23(37)8-3-16-10-22(33-13-21(16)29)17-11-34-25(35-12-17)26(30,31)32;1-2-19-20(28)9-10-36(40(38,39)18-6-4-17(27)5-7-18)24(19)23(37)8-3-15-11-22(33-14-21(15)29)16-12-34-25(35-13-16)26(30,31)32;14-8-1-3-9(4-2-8)21(19,20)16-11-6-7(5-10(11)15)12(16)13(17)18;14-7-1-3-9(4-2-7)21(19,20)16-8-5-10(11(15)6-8)12(16)13(17)18;12-8-5-17-9(1-6(8)2-16)7-3-18-10(19-4-7)11(13,14)15/h4-7,10-13,15,19,24H,2-3,8-9,14H2,1H3;4-7,11-14,19-20,24H,2-3,8-10H2,1H3;1-4,7,10-12H,5-6H2,(H,17,18);1-4,8,10-12H,5-6H2,(H,17,18);1,3-5H,2,16H2/t15-,19-,24?;19?,20-,24-;;;/m10.../s1. The van der Waals surface area contributed by atoms with Gasteiger partial charge in [-0.15, -0.1) is 0 Å². The predicted octanol–water partition coefficient (Wildman–Crippen LogP) is 15.3. The first kappa shape index (κ1) is 108. The number of halogens is 20. The lowest BCUT2D eigenvalue weighted by atomic mass is 9.83. The molecule has 6 aromatic heterocycles. The monoisotopic (exact) mass is 2080 g/mol. The zero-order chi connectivity index (χ0) is 103. The number of Topliss-reactive ketones (excluding diaryl/α,β-unsaturated/α-hetero) is 2. The van der Waals surface area contributed by atoms with Crippen molar-refractivity contribution in [3.05, 3.63) is 246 Å². The van der Waals surface area contributed by atoms with Gasteiger partial charge in [-0.1, -0.05) is 20.3 Å². The first-order chi connectivity index (χ1) is 66.2. The Hall–Kier alpha value is -12.0. The van der Waals surface area contributed by atoms with Crippen molar-refractivity contribution in [2.75, 3.05) is 13.1 Å². The molecule has 10 aromatic rings. The Morgan fingerprint density at radius 2 is 0.766 bits per heavy atom. The molecule has 14 atom stereocenters. The van der Waals surface area contributed by atoms with E-state index in [1.54, 1.807) is 13.8 Å². The van der Waals surface area contributed by atoms with Crippen LogP contribution in [-0.2, 0) is 97.2 Å². The summed E-state index contributed by atoms with van der Waals surface area (Å²) >= 11 is 0. The van der Waals surface area contributed by atoms with Crippen LogP contribution in [0.2, 0.25) is 0 Å². The van der Waals surface area contributed by atoms with Crippen LogP contribution >= 0.6 is 0 Å². The van der Waals surface area contributed by atoms with E-state index < -0.39 is 231 Å². The van der Waals surface area contributed by atoms with Crippen LogP contribution in [0.1, 0.15) is 112 Å². The van der Waals surface area contributed by atoms with E-state index in [2.05, 4.69) is 44.9 Å². The molecule has 10 unspecified atom stereocenters. The van der Waals surface area contributed by atoms with E-state index in [0.29, 0.717) is 6.42 Å². The van der Waals surface area contributed by atoms with Crippen LogP contribution in [0, 0.1) is 64.4 Å². The number of fused-ring (bicyclic) bond motifs is 4. The molecule has 141 heavy (non-hydrogen) atoms. The van der Waals surface area contributed by atoms with Crippen molar-refractivity contribution in [1.29, 1.82) is 0 Å². The second kappa shape index (κ2) is 43.9. The minimum Gasteiger partial charge on any atom is -0.480 e. The van der Waals surface area contributed by atoms with Crippen LogP contribution in [0.3, 0.4) is 0 Å². The molecular formula is C89H82F20N14O14S4. The molecule has 4 aliphatic heterocycles. The fourth-order valence-corrected chi connectivity index (χ4v) is 24.5. The molecule has 4 saturated heterocycles. The number of nitrogens with two attached hydrogens (primary N) is 1. The molecule has 0 amide bonds. The lowest BCUT2D eigenvalue weighted by Crippen LogP contribution is -2.56. The highest BCUT2D eigenvalue weighted by molar-refractivity contribution is 7.90. The van der Waals surface area contributed by atoms with Crippen molar-refractivity contribution in [2.45, 2.75) is 196 Å². The summed E-state index contributed by atoms with van der Waals surface area (Å²) in [6, 6.07) is 13.2. The molecule has 0 radical (unpaired) electrons. The number of aromatic nitrogens is 9. The van der Waals surface area contributed by atoms with Gasteiger partial charge >= 0.3 is 30.5 Å². The lowest BCUT2D eigenvalue weighted by Gasteiger charge is -2.41. The number of rotatable bonds is 24. The number of carboxylic acid groups (broad SMARTS) is 2. The molecule has 4 bridgehead atoms. The zero-order valence-electron chi connectivity index (χ0n) is 73.2. The van der Waals surface area contributed by atoms with Crippen LogP contribution in [0.4, 0.5) is 87.8 Å². The number of sulfonamides is 4. The summed E-state index contributed by atoms with van der Waals surface area (Å²) in [6.07, 6.45) is -11.8. The van der Waals surface area contributed by atoms with Gasteiger partial charge in [0.25, 0.3) is 0 Å². The summed E-state index contributed by atoms with van der Waals surface area (Å²) in [4.78, 5) is 79.5. The van der Waals surface area contributed by atoms with Gasteiger partial charge in [0.1, 0.15) is 77.5 Å². The zero-order valence-corrected chi connectivity index (χ0v) is 76.5. The van der Waals surface area contributed by atoms with Crippen molar-refractivity contribution in [3.8, 4) is 33.8 Å². The van der Waals surface area contributed by atoms with Crippen LogP contribution in [-0.4, -0.2) is 203 Å². The van der Waals surface area contributed by atoms with Crippen LogP contribution in [0.5, 0.6) is 0 Å². The summed E-state index contributed by atoms with van der Waals surface area (Å²) in [6.45, 7) is 2.46. The molecule has 4 aromatic carbocycles. The predicted molar refractivity (Wildman–Crippen MR) is 456 cm³/mol. The molecule has 0 spiro atoms. The second-order valence-corrected chi connectivity index (χ2v) is 40.6. The van der Waals surface area contributed by atoms with Gasteiger partial charge in [0, 0.05) is 110 Å². The molecule has 6 aliphatic rings. The number of aliphatic carboxylic acids is 2. The number of carboxylic acids is 2. The third-order valence-electron chi connectivity index (χ3n) is 24.3. The number of pyridine rings is 3. The van der Waals surface area contributed by atoms with Crippen molar-refractivity contribution >= 4 is 63.6 Å². The topological polar surface area (TPSA) is 400 Å². The number of alkyl halides is 13. The molecule has 10 heterocycles. The van der Waals surface area contributed by atoms with Gasteiger partial charge in [-0.3, -0.25) is 34.1 Å². The third kappa shape index (κ3) is 24.5. The van der Waals surface area contributed by atoms with E-state index in [1.807, 2.05) is 0 Å². The van der Waals surface area contributed by atoms with Crippen LogP contribution in [0.25, 0.3) is 33.8 Å². The number of hydrogen-bond acceptors (Lipinski definition) is 22. The van der Waals surface area contributed by atoms with E-state index >= 15 is 0 Å². The van der Waals surface area contributed by atoms with Gasteiger partial charge in [0.2, 0.25) is 57.6 Å². The van der Waals surface area contributed by atoms with Gasteiger partial charge in [-0.2, -0.15) is 56.7 Å². The molecule has 28 nitrogen and oxygen atoms in total. The fraction of sp³-hybridized carbons (Fsp3) is 0.382. The molecule has 52 heteroatoms. The summed E-state index contributed by atoms with van der Waals surface area (Å²) in [5.74, 6) is -15.3. The first-order valence-electron chi connectivity index (χ1n) is 42.7. The number of carbonyl (C=O) groups is 4. The van der Waals surface area contributed by atoms with E-state index in [-0.39, 0.29) is 154 Å². The molecule has 4 N–H and O–H groups in total. The number of piperidine rings is 4. The van der Waals surface area contributed by atoms with Crippen molar-refractivity contribution in [3.63, 3.8) is 0 Å². The second-order valence-electron chi connectivity index (χ2n) is 33.1. The van der Waals surface area contributed by atoms with Crippen molar-refractivity contribution < 1.29 is 151 Å². The van der Waals surface area contributed by atoms with E-state index in [4.69, 9.17) is 5.73 Å². The summed E-state index contributed by atoms with van der Waals surface area (Å²) in [5.41, 5.74) is 6.36. The van der Waals surface area contributed by atoms with Gasteiger partial charge in [-0.25, -0.2) is 112 Å². The number of ketones is 2. The number of hydrogen-bond donors (Lipinski definition) is 3. The lowest BCUT2D eigenvalue weighted by molar-refractivity contribution is -0.145. The summed E-state index contributed by atoms with van der Waals surface area (Å²) in [7, 11) is -16.9. The average molecular weight is 2080 g/mol. The molecule has 756 valence electrons.